The number of nitrogens with zero attached hydrogens (tertiary/aromatic N) is 4. The number of aromatic nitrogens is 2. The zero-order valence-corrected chi connectivity index (χ0v) is 14.0. The summed E-state index contributed by atoms with van der Waals surface area (Å²) in [4.78, 5) is 4.70. The van der Waals surface area contributed by atoms with Crippen molar-refractivity contribution in [1.82, 2.24) is 24.3 Å². The van der Waals surface area contributed by atoms with Crippen LogP contribution in [0.25, 0.3) is 0 Å². The molecule has 120 valence electrons. The molecule has 2 rings (SSSR count). The van der Waals surface area contributed by atoms with Crippen molar-refractivity contribution in [3.63, 3.8) is 0 Å². The molecule has 1 aliphatic rings. The number of aryl methyl sites for hydroxylation is 1. The summed E-state index contributed by atoms with van der Waals surface area (Å²) in [5, 5.41) is 4.10. The second-order valence-electron chi connectivity index (χ2n) is 5.66. The highest BCUT2D eigenvalue weighted by molar-refractivity contribution is 7.89. The van der Waals surface area contributed by atoms with E-state index in [1.165, 1.54) is 6.20 Å². The monoisotopic (exact) mass is 315 g/mol. The van der Waals surface area contributed by atoms with Crippen LogP contribution in [0.15, 0.2) is 11.1 Å². The van der Waals surface area contributed by atoms with E-state index < -0.39 is 10.0 Å². The van der Waals surface area contributed by atoms with Crippen LogP contribution in [0.3, 0.4) is 0 Å². The van der Waals surface area contributed by atoms with Gasteiger partial charge in [-0.15, -0.1) is 0 Å². The number of sulfonamides is 1. The summed E-state index contributed by atoms with van der Waals surface area (Å²) in [5.41, 5.74) is 0.680. The maximum atomic E-state index is 12.4. The zero-order valence-electron chi connectivity index (χ0n) is 13.2. The standard InChI is InChI=1S/C13H25N5O2S/c1-5-18-11(2)13(9-14-18)21(19,20)15-8-12-10-16(3)6-7-17(12)4/h9,12,15H,5-8,10H2,1-4H3. The first-order chi connectivity index (χ1) is 9.85. The van der Waals surface area contributed by atoms with Crippen LogP contribution in [0.1, 0.15) is 12.6 Å². The van der Waals surface area contributed by atoms with E-state index >= 15 is 0 Å². The Labute approximate surface area is 127 Å². The Morgan fingerprint density at radius 1 is 1.38 bits per heavy atom. The summed E-state index contributed by atoms with van der Waals surface area (Å²) in [6, 6.07) is 0.194. The third-order valence-electron chi connectivity index (χ3n) is 4.14. The molecule has 2 heterocycles. The van der Waals surface area contributed by atoms with Gasteiger partial charge in [0.05, 0.1) is 11.9 Å². The largest absolute Gasteiger partial charge is 0.303 e. The van der Waals surface area contributed by atoms with E-state index in [4.69, 9.17) is 0 Å². The Morgan fingerprint density at radius 2 is 2.10 bits per heavy atom. The molecule has 1 saturated heterocycles. The fourth-order valence-electron chi connectivity index (χ4n) is 2.62. The Hall–Kier alpha value is -0.960. The Balaban J connectivity index is 2.05. The number of rotatable bonds is 5. The van der Waals surface area contributed by atoms with Crippen molar-refractivity contribution in [3.8, 4) is 0 Å². The number of piperazine rings is 1. The van der Waals surface area contributed by atoms with Crippen molar-refractivity contribution in [3.05, 3.63) is 11.9 Å². The van der Waals surface area contributed by atoms with Crippen molar-refractivity contribution in [2.45, 2.75) is 31.3 Å². The molecule has 0 spiro atoms. The van der Waals surface area contributed by atoms with Crippen LogP contribution in [0, 0.1) is 6.92 Å². The molecule has 21 heavy (non-hydrogen) atoms. The predicted octanol–water partition coefficient (Wildman–Crippen LogP) is -0.264. The van der Waals surface area contributed by atoms with E-state index in [0.717, 1.165) is 19.6 Å². The highest BCUT2D eigenvalue weighted by Gasteiger charge is 2.26. The molecular formula is C13H25N5O2S. The average Bonchev–Trinajstić information content (AvgIpc) is 2.81. The van der Waals surface area contributed by atoms with Crippen molar-refractivity contribution < 1.29 is 8.42 Å². The molecule has 7 nitrogen and oxygen atoms in total. The highest BCUT2D eigenvalue weighted by atomic mass is 32.2. The van der Waals surface area contributed by atoms with Gasteiger partial charge in [-0.1, -0.05) is 0 Å². The average molecular weight is 315 g/mol. The molecule has 0 aliphatic carbocycles. The van der Waals surface area contributed by atoms with Crippen molar-refractivity contribution in [2.75, 3.05) is 40.3 Å². The third kappa shape index (κ3) is 3.63. The Bertz CT molecular complexity index is 583. The normalized spacial score (nSPS) is 21.8. The predicted molar refractivity (Wildman–Crippen MR) is 81.7 cm³/mol. The highest BCUT2D eigenvalue weighted by Crippen LogP contribution is 2.14. The van der Waals surface area contributed by atoms with E-state index in [-0.39, 0.29) is 10.9 Å². The van der Waals surface area contributed by atoms with Gasteiger partial charge in [0.25, 0.3) is 0 Å². The van der Waals surface area contributed by atoms with Gasteiger partial charge in [0.15, 0.2) is 0 Å². The molecule has 1 unspecified atom stereocenters. The molecule has 0 amide bonds. The third-order valence-corrected chi connectivity index (χ3v) is 5.66. The molecule has 1 atom stereocenters. The molecule has 1 fully saturated rings. The van der Waals surface area contributed by atoms with Gasteiger partial charge >= 0.3 is 0 Å². The molecule has 0 saturated carbocycles. The lowest BCUT2D eigenvalue weighted by molar-refractivity contribution is 0.117. The van der Waals surface area contributed by atoms with E-state index in [2.05, 4.69) is 26.7 Å². The lowest BCUT2D eigenvalue weighted by Crippen LogP contribution is -2.54. The van der Waals surface area contributed by atoms with E-state index in [9.17, 15) is 8.42 Å². The van der Waals surface area contributed by atoms with E-state index in [1.807, 2.05) is 14.0 Å². The van der Waals surface area contributed by atoms with Crippen LogP contribution in [0.5, 0.6) is 0 Å². The van der Waals surface area contributed by atoms with Crippen LogP contribution in [-0.2, 0) is 16.6 Å². The van der Waals surface area contributed by atoms with E-state index in [1.54, 1.807) is 11.6 Å². The van der Waals surface area contributed by atoms with E-state index in [0.29, 0.717) is 18.8 Å². The minimum Gasteiger partial charge on any atom is -0.303 e. The molecule has 0 radical (unpaired) electrons. The van der Waals surface area contributed by atoms with Crippen LogP contribution in [-0.4, -0.2) is 74.3 Å². The van der Waals surface area contributed by atoms with Crippen molar-refractivity contribution >= 4 is 10.0 Å². The van der Waals surface area contributed by atoms with Gasteiger partial charge < -0.3 is 4.90 Å². The van der Waals surface area contributed by atoms with Gasteiger partial charge in [0.2, 0.25) is 10.0 Å². The summed E-state index contributed by atoms with van der Waals surface area (Å²) < 4.78 is 29.2. The number of nitrogens with one attached hydrogen (secondary N) is 1. The van der Waals surface area contributed by atoms with Crippen molar-refractivity contribution in [2.24, 2.45) is 0 Å². The van der Waals surface area contributed by atoms with Gasteiger partial charge in [0.1, 0.15) is 4.90 Å². The quantitative estimate of drug-likeness (QED) is 0.810. The molecule has 1 aliphatic heterocycles. The van der Waals surface area contributed by atoms with Gasteiger partial charge in [0, 0.05) is 38.8 Å². The van der Waals surface area contributed by atoms with Gasteiger partial charge in [-0.05, 0) is 27.9 Å². The zero-order chi connectivity index (χ0) is 15.6. The van der Waals surface area contributed by atoms with Crippen LogP contribution < -0.4 is 4.72 Å². The molecule has 1 aromatic rings. The summed E-state index contributed by atoms with van der Waals surface area (Å²) in [5.74, 6) is 0. The molecule has 1 N–H and O–H groups in total. The molecule has 0 bridgehead atoms. The van der Waals surface area contributed by atoms with Gasteiger partial charge in [-0.25, -0.2) is 13.1 Å². The van der Waals surface area contributed by atoms with Gasteiger partial charge in [-0.2, -0.15) is 5.10 Å². The van der Waals surface area contributed by atoms with Crippen LogP contribution >= 0.6 is 0 Å². The Morgan fingerprint density at radius 3 is 2.71 bits per heavy atom. The van der Waals surface area contributed by atoms with Gasteiger partial charge in [-0.3, -0.25) is 9.58 Å². The second kappa shape index (κ2) is 6.43. The number of hydrogen-bond acceptors (Lipinski definition) is 5. The summed E-state index contributed by atoms with van der Waals surface area (Å²) in [6.45, 7) is 7.64. The fourth-order valence-corrected chi connectivity index (χ4v) is 3.87. The lowest BCUT2D eigenvalue weighted by atomic mass is 10.2. The second-order valence-corrected chi connectivity index (χ2v) is 7.39. The number of likely N-dealkylation sites (N-methyl/N-ethyl adjacent to an activating group) is 2. The smallest absolute Gasteiger partial charge is 0.244 e. The molecule has 8 heteroatoms. The maximum absolute atomic E-state index is 12.4. The first kappa shape index (κ1) is 16.4. The minimum absolute atomic E-state index is 0.194. The topological polar surface area (TPSA) is 70.5 Å². The summed E-state index contributed by atoms with van der Waals surface area (Å²) in [6.07, 6.45) is 1.43. The molecular weight excluding hydrogens is 290 g/mol. The fraction of sp³-hybridized carbons (Fsp3) is 0.769. The maximum Gasteiger partial charge on any atom is 0.244 e. The van der Waals surface area contributed by atoms with Crippen molar-refractivity contribution in [1.29, 1.82) is 0 Å². The SMILES string of the molecule is CCn1ncc(S(=O)(=O)NCC2CN(C)CCN2C)c1C. The first-order valence-electron chi connectivity index (χ1n) is 7.26. The van der Waals surface area contributed by atoms with Crippen LogP contribution in [0.2, 0.25) is 0 Å². The molecule has 1 aromatic heterocycles. The first-order valence-corrected chi connectivity index (χ1v) is 8.74. The lowest BCUT2D eigenvalue weighted by Gasteiger charge is -2.37. The summed E-state index contributed by atoms with van der Waals surface area (Å²) in [7, 11) is 0.594. The van der Waals surface area contributed by atoms with Crippen LogP contribution in [0.4, 0.5) is 0 Å². The Kier molecular flexibility index (Phi) is 5.03. The minimum atomic E-state index is -3.50. The summed E-state index contributed by atoms with van der Waals surface area (Å²) >= 11 is 0. The number of hydrogen-bond donors (Lipinski definition) is 1. The molecule has 0 aromatic carbocycles.